The smallest absolute Gasteiger partial charge is 0.133 e. The molecule has 5 atom stereocenters. The molecule has 21 heavy (non-hydrogen) atoms. The molecule has 0 bridgehead atoms. The maximum Gasteiger partial charge on any atom is 0.133 e. The number of hydrogen-bond acceptors (Lipinski definition) is 1. The number of carbonyl (C=O) groups is 1. The lowest BCUT2D eigenvalue weighted by Gasteiger charge is -2.59. The summed E-state index contributed by atoms with van der Waals surface area (Å²) in [5.74, 6) is 2.41. The van der Waals surface area contributed by atoms with Gasteiger partial charge in [-0.3, -0.25) is 4.79 Å². The third kappa shape index (κ3) is 2.15. The Bertz CT molecular complexity index is 514. The van der Waals surface area contributed by atoms with Crippen LogP contribution in [0.1, 0.15) is 66.2 Å². The molecule has 3 aliphatic carbocycles. The monoisotopic (exact) mass is 286 g/mol. The zero-order valence-corrected chi connectivity index (χ0v) is 14.2. The van der Waals surface area contributed by atoms with Gasteiger partial charge in [0.15, 0.2) is 0 Å². The van der Waals surface area contributed by atoms with E-state index in [9.17, 15) is 4.79 Å². The van der Waals surface area contributed by atoms with Crippen LogP contribution in [0.3, 0.4) is 0 Å². The molecule has 0 amide bonds. The van der Waals surface area contributed by atoms with E-state index in [0.29, 0.717) is 29.0 Å². The summed E-state index contributed by atoms with van der Waals surface area (Å²) in [5, 5.41) is 0. The van der Waals surface area contributed by atoms with Gasteiger partial charge in [-0.05, 0) is 66.8 Å². The van der Waals surface area contributed by atoms with Crippen molar-refractivity contribution in [3.63, 3.8) is 0 Å². The zero-order valence-electron chi connectivity index (χ0n) is 14.2. The highest BCUT2D eigenvalue weighted by molar-refractivity contribution is 5.79. The van der Waals surface area contributed by atoms with Crippen molar-refractivity contribution in [2.75, 3.05) is 0 Å². The van der Waals surface area contributed by atoms with Gasteiger partial charge in [0.25, 0.3) is 0 Å². The van der Waals surface area contributed by atoms with Gasteiger partial charge in [-0.2, -0.15) is 0 Å². The molecule has 0 saturated heterocycles. The van der Waals surface area contributed by atoms with Gasteiger partial charge >= 0.3 is 0 Å². The first-order chi connectivity index (χ1) is 9.77. The molecule has 0 aliphatic heterocycles. The normalized spacial score (nSPS) is 47.2. The predicted molar refractivity (Wildman–Crippen MR) is 88.0 cm³/mol. The van der Waals surface area contributed by atoms with Gasteiger partial charge in [0.05, 0.1) is 0 Å². The number of hydrogen-bond donors (Lipinski definition) is 0. The second-order valence-electron chi connectivity index (χ2n) is 8.56. The minimum atomic E-state index is 0.248. The summed E-state index contributed by atoms with van der Waals surface area (Å²) in [7, 11) is 0. The molecule has 1 nitrogen and oxygen atoms in total. The first-order valence-electron chi connectivity index (χ1n) is 8.65. The van der Waals surface area contributed by atoms with Crippen molar-refractivity contribution in [3.8, 4) is 0 Å². The Morgan fingerprint density at radius 1 is 1.24 bits per heavy atom. The summed E-state index contributed by atoms with van der Waals surface area (Å²) >= 11 is 0. The highest BCUT2D eigenvalue weighted by atomic mass is 16.1. The van der Waals surface area contributed by atoms with E-state index in [-0.39, 0.29) is 5.41 Å². The standard InChI is InChI=1S/C20H30O/c1-13-10-15(3)19(4)9-7-17-14(2)12-16(21)6-8-20(17,5)18(19)11-13/h10,14,17-18H,3,6-9,11-12H2,1-2,4-5H3/t14-,17-,18-,19-,20-/m0/s1. The average Bonchev–Trinajstić information content (AvgIpc) is 2.50. The summed E-state index contributed by atoms with van der Waals surface area (Å²) in [6.45, 7) is 13.9. The van der Waals surface area contributed by atoms with Gasteiger partial charge in [-0.15, -0.1) is 0 Å². The summed E-state index contributed by atoms with van der Waals surface area (Å²) in [6, 6.07) is 0. The molecular formula is C20H30O. The molecule has 1 heteroatoms. The highest BCUT2D eigenvalue weighted by Gasteiger charge is 2.56. The van der Waals surface area contributed by atoms with Gasteiger partial charge in [-0.25, -0.2) is 0 Å². The molecule has 0 aromatic rings. The zero-order chi connectivity index (χ0) is 15.4. The van der Waals surface area contributed by atoms with Gasteiger partial charge in [0, 0.05) is 12.8 Å². The summed E-state index contributed by atoms with van der Waals surface area (Å²) < 4.78 is 0. The molecule has 0 unspecified atom stereocenters. The van der Waals surface area contributed by atoms with Crippen molar-refractivity contribution in [2.45, 2.75) is 66.2 Å². The molecule has 0 N–H and O–H groups in total. The Labute approximate surface area is 129 Å². The van der Waals surface area contributed by atoms with Crippen LogP contribution >= 0.6 is 0 Å². The SMILES string of the molecule is C=C1C=C(C)C[C@@H]2[C@@]3(C)CCC(=O)C[C@H](C)[C@@H]3CC[C@@]12C. The first kappa shape index (κ1) is 15.1. The summed E-state index contributed by atoms with van der Waals surface area (Å²) in [4.78, 5) is 12.1. The van der Waals surface area contributed by atoms with E-state index in [2.05, 4.69) is 40.3 Å². The van der Waals surface area contributed by atoms with Crippen LogP contribution in [0.15, 0.2) is 23.8 Å². The summed E-state index contributed by atoms with van der Waals surface area (Å²) in [5.41, 5.74) is 3.36. The fraction of sp³-hybridized carbons (Fsp3) is 0.750. The Balaban J connectivity index is 2.05. The quantitative estimate of drug-likeness (QED) is 0.589. The third-order valence-electron chi connectivity index (χ3n) is 7.25. The van der Waals surface area contributed by atoms with Gasteiger partial charge < -0.3 is 0 Å². The van der Waals surface area contributed by atoms with Gasteiger partial charge in [-0.1, -0.05) is 39.0 Å². The average molecular weight is 286 g/mol. The molecule has 0 spiro atoms. The fourth-order valence-corrected chi connectivity index (χ4v) is 5.94. The number of fused-ring (bicyclic) bond motifs is 3. The van der Waals surface area contributed by atoms with Crippen molar-refractivity contribution >= 4 is 5.78 Å². The molecule has 3 rings (SSSR count). The van der Waals surface area contributed by atoms with Crippen molar-refractivity contribution in [1.29, 1.82) is 0 Å². The molecule has 2 saturated carbocycles. The van der Waals surface area contributed by atoms with Crippen LogP contribution in [0.4, 0.5) is 0 Å². The van der Waals surface area contributed by atoms with Gasteiger partial charge in [0.2, 0.25) is 0 Å². The van der Waals surface area contributed by atoms with Crippen LogP contribution in [-0.4, -0.2) is 5.78 Å². The number of Topliss-reactive ketones (excluding diaryl/α,β-unsaturated/α-hetero) is 1. The first-order valence-corrected chi connectivity index (χ1v) is 8.65. The predicted octanol–water partition coefficient (Wildman–Crippen LogP) is 5.32. The van der Waals surface area contributed by atoms with Gasteiger partial charge in [0.1, 0.15) is 5.78 Å². The Morgan fingerprint density at radius 3 is 2.67 bits per heavy atom. The van der Waals surface area contributed by atoms with Crippen LogP contribution in [-0.2, 0) is 4.79 Å². The van der Waals surface area contributed by atoms with Crippen LogP contribution in [0.2, 0.25) is 0 Å². The lowest BCUT2D eigenvalue weighted by Crippen LogP contribution is -2.51. The third-order valence-corrected chi connectivity index (χ3v) is 7.25. The molecule has 3 aliphatic rings. The maximum atomic E-state index is 12.1. The van der Waals surface area contributed by atoms with E-state index >= 15 is 0 Å². The highest BCUT2D eigenvalue weighted by Crippen LogP contribution is 2.64. The lowest BCUT2D eigenvalue weighted by molar-refractivity contribution is -0.119. The topological polar surface area (TPSA) is 17.1 Å². The molecule has 2 fully saturated rings. The number of allylic oxidation sites excluding steroid dienone is 3. The molecule has 0 radical (unpaired) electrons. The van der Waals surface area contributed by atoms with Crippen molar-refractivity contribution in [1.82, 2.24) is 0 Å². The van der Waals surface area contributed by atoms with Crippen molar-refractivity contribution in [2.24, 2.45) is 28.6 Å². The van der Waals surface area contributed by atoms with E-state index in [1.54, 1.807) is 0 Å². The van der Waals surface area contributed by atoms with Crippen LogP contribution in [0.25, 0.3) is 0 Å². The van der Waals surface area contributed by atoms with Crippen molar-refractivity contribution < 1.29 is 4.79 Å². The van der Waals surface area contributed by atoms with E-state index in [1.807, 2.05) is 0 Å². The van der Waals surface area contributed by atoms with E-state index < -0.39 is 0 Å². The van der Waals surface area contributed by atoms with Crippen LogP contribution in [0, 0.1) is 28.6 Å². The Morgan fingerprint density at radius 2 is 1.95 bits per heavy atom. The van der Waals surface area contributed by atoms with E-state index in [1.165, 1.54) is 30.4 Å². The minimum Gasteiger partial charge on any atom is -0.300 e. The molecule has 116 valence electrons. The minimum absolute atomic E-state index is 0.248. The molecular weight excluding hydrogens is 256 g/mol. The second kappa shape index (κ2) is 4.83. The number of carbonyl (C=O) groups excluding carboxylic acids is 1. The van der Waals surface area contributed by atoms with Crippen molar-refractivity contribution in [3.05, 3.63) is 23.8 Å². The van der Waals surface area contributed by atoms with E-state index in [4.69, 9.17) is 0 Å². The van der Waals surface area contributed by atoms with Crippen LogP contribution in [0.5, 0.6) is 0 Å². The lowest BCUT2D eigenvalue weighted by atomic mass is 9.45. The molecule has 0 aromatic carbocycles. The van der Waals surface area contributed by atoms with Crippen LogP contribution < -0.4 is 0 Å². The fourth-order valence-electron chi connectivity index (χ4n) is 5.94. The summed E-state index contributed by atoms with van der Waals surface area (Å²) in [6.07, 6.45) is 8.72. The Hall–Kier alpha value is -0.850. The Kier molecular flexibility index (Phi) is 3.46. The maximum absolute atomic E-state index is 12.1. The van der Waals surface area contributed by atoms with E-state index in [0.717, 1.165) is 19.3 Å². The second-order valence-corrected chi connectivity index (χ2v) is 8.56. The largest absolute Gasteiger partial charge is 0.300 e. The molecule has 0 aromatic heterocycles. The molecule has 0 heterocycles. The number of rotatable bonds is 0. The number of ketones is 1.